The molecule has 1 aromatic carbocycles. The first-order valence-electron chi connectivity index (χ1n) is 8.81. The quantitative estimate of drug-likeness (QED) is 0.871. The highest BCUT2D eigenvalue weighted by Gasteiger charge is 2.25. The van der Waals surface area contributed by atoms with Gasteiger partial charge in [0.05, 0.1) is 6.61 Å². The van der Waals surface area contributed by atoms with Crippen LogP contribution in [-0.4, -0.2) is 43.0 Å². The normalized spacial score (nSPS) is 17.7. The lowest BCUT2D eigenvalue weighted by Gasteiger charge is -2.33. The topological polar surface area (TPSA) is 58.6 Å². The van der Waals surface area contributed by atoms with E-state index in [1.54, 1.807) is 0 Å². The van der Waals surface area contributed by atoms with E-state index in [9.17, 15) is 9.59 Å². The number of ether oxygens (including phenoxy) is 1. The molecule has 0 saturated carbocycles. The SMILES string of the molecule is CCOc1ccc(C(=O)N2CCC[C@H](CNC(=O)C(C)C)C2)cc1. The summed E-state index contributed by atoms with van der Waals surface area (Å²) in [6.45, 7) is 8.44. The minimum Gasteiger partial charge on any atom is -0.494 e. The van der Waals surface area contributed by atoms with Gasteiger partial charge in [0.15, 0.2) is 0 Å². The monoisotopic (exact) mass is 332 g/mol. The number of amides is 2. The van der Waals surface area contributed by atoms with Gasteiger partial charge in [-0.3, -0.25) is 9.59 Å². The Bertz CT molecular complexity index is 554. The molecule has 2 amide bonds. The lowest BCUT2D eigenvalue weighted by atomic mass is 9.97. The number of nitrogens with one attached hydrogen (secondary N) is 1. The molecule has 2 rings (SSSR count). The minimum absolute atomic E-state index is 0.00446. The Hall–Kier alpha value is -2.04. The van der Waals surface area contributed by atoms with Crippen LogP contribution in [0.1, 0.15) is 44.0 Å². The van der Waals surface area contributed by atoms with E-state index in [-0.39, 0.29) is 17.7 Å². The molecule has 0 aliphatic carbocycles. The maximum atomic E-state index is 12.7. The van der Waals surface area contributed by atoms with Crippen molar-refractivity contribution in [3.05, 3.63) is 29.8 Å². The van der Waals surface area contributed by atoms with Crippen LogP contribution in [-0.2, 0) is 4.79 Å². The highest BCUT2D eigenvalue weighted by molar-refractivity contribution is 5.94. The smallest absolute Gasteiger partial charge is 0.253 e. The summed E-state index contributed by atoms with van der Waals surface area (Å²) in [4.78, 5) is 26.3. The molecule has 1 aromatic rings. The molecule has 0 spiro atoms. The molecule has 0 radical (unpaired) electrons. The van der Waals surface area contributed by atoms with Gasteiger partial charge in [0.1, 0.15) is 5.75 Å². The molecular formula is C19H28N2O3. The van der Waals surface area contributed by atoms with Crippen LogP contribution in [0.15, 0.2) is 24.3 Å². The standard InChI is InChI=1S/C19H28N2O3/c1-4-24-17-9-7-16(8-10-17)19(23)21-11-5-6-15(13-21)12-20-18(22)14(2)3/h7-10,14-15H,4-6,11-13H2,1-3H3,(H,20,22)/t15-/m1/s1. The highest BCUT2D eigenvalue weighted by Crippen LogP contribution is 2.20. The maximum Gasteiger partial charge on any atom is 0.253 e. The van der Waals surface area contributed by atoms with E-state index in [0.29, 0.717) is 31.2 Å². The molecule has 5 nitrogen and oxygen atoms in total. The Morgan fingerprint density at radius 1 is 1.29 bits per heavy atom. The number of nitrogens with zero attached hydrogens (tertiary/aromatic N) is 1. The summed E-state index contributed by atoms with van der Waals surface area (Å²) in [6, 6.07) is 7.30. The van der Waals surface area contributed by atoms with Gasteiger partial charge in [-0.1, -0.05) is 13.8 Å². The van der Waals surface area contributed by atoms with Gasteiger partial charge in [-0.15, -0.1) is 0 Å². The van der Waals surface area contributed by atoms with E-state index in [4.69, 9.17) is 4.74 Å². The number of piperidine rings is 1. The van der Waals surface area contributed by atoms with Gasteiger partial charge in [-0.2, -0.15) is 0 Å². The average Bonchev–Trinajstić information content (AvgIpc) is 2.60. The molecule has 0 aromatic heterocycles. The fraction of sp³-hybridized carbons (Fsp3) is 0.579. The predicted octanol–water partition coefficient (Wildman–Crippen LogP) is 2.71. The zero-order valence-electron chi connectivity index (χ0n) is 14.9. The van der Waals surface area contributed by atoms with Gasteiger partial charge in [0.25, 0.3) is 5.91 Å². The second-order valence-corrected chi connectivity index (χ2v) is 6.62. The van der Waals surface area contributed by atoms with E-state index in [1.807, 2.05) is 49.9 Å². The van der Waals surface area contributed by atoms with Gasteiger partial charge < -0.3 is 15.0 Å². The first kappa shape index (κ1) is 18.3. The number of likely N-dealkylation sites (tertiary alicyclic amines) is 1. The first-order valence-corrected chi connectivity index (χ1v) is 8.81. The van der Waals surface area contributed by atoms with E-state index >= 15 is 0 Å². The minimum atomic E-state index is -0.00446. The molecule has 0 unspecified atom stereocenters. The van der Waals surface area contributed by atoms with Crippen LogP contribution in [0.4, 0.5) is 0 Å². The Kier molecular flexibility index (Phi) is 6.64. The molecule has 1 N–H and O–H groups in total. The molecule has 1 aliphatic rings. The first-order chi connectivity index (χ1) is 11.5. The van der Waals surface area contributed by atoms with Crippen LogP contribution in [0.5, 0.6) is 5.75 Å². The second kappa shape index (κ2) is 8.71. The van der Waals surface area contributed by atoms with Gasteiger partial charge >= 0.3 is 0 Å². The van der Waals surface area contributed by atoms with Gasteiger partial charge in [-0.25, -0.2) is 0 Å². The van der Waals surface area contributed by atoms with E-state index in [0.717, 1.165) is 25.1 Å². The fourth-order valence-electron chi connectivity index (χ4n) is 2.91. The summed E-state index contributed by atoms with van der Waals surface area (Å²) in [5.41, 5.74) is 0.685. The lowest BCUT2D eigenvalue weighted by Crippen LogP contribution is -2.44. The third-order valence-corrected chi connectivity index (χ3v) is 4.31. The van der Waals surface area contributed by atoms with Crippen molar-refractivity contribution in [3.8, 4) is 5.75 Å². The number of carbonyl (C=O) groups is 2. The van der Waals surface area contributed by atoms with Gasteiger partial charge in [-0.05, 0) is 49.9 Å². The number of rotatable bonds is 6. The molecule has 1 saturated heterocycles. The van der Waals surface area contributed by atoms with Crippen molar-refractivity contribution < 1.29 is 14.3 Å². The molecule has 0 bridgehead atoms. The molecule has 1 aliphatic heterocycles. The summed E-state index contributed by atoms with van der Waals surface area (Å²) in [6.07, 6.45) is 2.02. The van der Waals surface area contributed by atoms with Gasteiger partial charge in [0, 0.05) is 31.1 Å². The lowest BCUT2D eigenvalue weighted by molar-refractivity contribution is -0.124. The van der Waals surface area contributed by atoms with E-state index in [1.165, 1.54) is 0 Å². The summed E-state index contributed by atoms with van der Waals surface area (Å²) >= 11 is 0. The van der Waals surface area contributed by atoms with Crippen molar-refractivity contribution >= 4 is 11.8 Å². The van der Waals surface area contributed by atoms with Crippen molar-refractivity contribution in [1.29, 1.82) is 0 Å². The van der Waals surface area contributed by atoms with E-state index < -0.39 is 0 Å². The van der Waals surface area contributed by atoms with Crippen LogP contribution >= 0.6 is 0 Å². The summed E-state index contributed by atoms with van der Waals surface area (Å²) in [7, 11) is 0. The van der Waals surface area contributed by atoms with Crippen molar-refractivity contribution in [2.75, 3.05) is 26.2 Å². The Labute approximate surface area is 144 Å². The van der Waals surface area contributed by atoms with Gasteiger partial charge in [0.2, 0.25) is 5.91 Å². The molecule has 5 heteroatoms. The highest BCUT2D eigenvalue weighted by atomic mass is 16.5. The van der Waals surface area contributed by atoms with Crippen LogP contribution in [0.3, 0.4) is 0 Å². The number of hydrogen-bond acceptors (Lipinski definition) is 3. The van der Waals surface area contributed by atoms with Crippen LogP contribution in [0.2, 0.25) is 0 Å². The van der Waals surface area contributed by atoms with Crippen LogP contribution in [0, 0.1) is 11.8 Å². The zero-order chi connectivity index (χ0) is 17.5. The molecule has 24 heavy (non-hydrogen) atoms. The van der Waals surface area contributed by atoms with Crippen molar-refractivity contribution in [2.24, 2.45) is 11.8 Å². The Morgan fingerprint density at radius 3 is 2.62 bits per heavy atom. The second-order valence-electron chi connectivity index (χ2n) is 6.62. The predicted molar refractivity (Wildman–Crippen MR) is 94.1 cm³/mol. The van der Waals surface area contributed by atoms with Crippen LogP contribution in [0.25, 0.3) is 0 Å². The van der Waals surface area contributed by atoms with Crippen molar-refractivity contribution in [2.45, 2.75) is 33.6 Å². The molecule has 1 atom stereocenters. The summed E-state index contributed by atoms with van der Waals surface area (Å²) in [5, 5.41) is 2.98. The largest absolute Gasteiger partial charge is 0.494 e. The number of benzene rings is 1. The molecule has 132 valence electrons. The number of hydrogen-bond donors (Lipinski definition) is 1. The Morgan fingerprint density at radius 2 is 2.00 bits per heavy atom. The summed E-state index contributed by atoms with van der Waals surface area (Å²) < 4.78 is 5.41. The maximum absolute atomic E-state index is 12.7. The molecular weight excluding hydrogens is 304 g/mol. The Balaban J connectivity index is 1.91. The third kappa shape index (κ3) is 4.98. The van der Waals surface area contributed by atoms with Crippen LogP contribution < -0.4 is 10.1 Å². The zero-order valence-corrected chi connectivity index (χ0v) is 14.9. The van der Waals surface area contributed by atoms with E-state index in [2.05, 4.69) is 5.32 Å². The third-order valence-electron chi connectivity index (χ3n) is 4.31. The van der Waals surface area contributed by atoms with Crippen molar-refractivity contribution in [1.82, 2.24) is 10.2 Å². The fourth-order valence-corrected chi connectivity index (χ4v) is 2.91. The average molecular weight is 332 g/mol. The summed E-state index contributed by atoms with van der Waals surface area (Å²) in [5.74, 6) is 1.23. The van der Waals surface area contributed by atoms with Crippen molar-refractivity contribution in [3.63, 3.8) is 0 Å². The molecule has 1 heterocycles. The number of carbonyl (C=O) groups excluding carboxylic acids is 2. The molecule has 1 fully saturated rings.